The van der Waals surface area contributed by atoms with Crippen molar-refractivity contribution in [2.45, 2.75) is 31.7 Å². The highest BCUT2D eigenvalue weighted by atomic mass is 32.1. The minimum absolute atomic E-state index is 0.0889. The summed E-state index contributed by atoms with van der Waals surface area (Å²) in [5.41, 5.74) is 6.50. The third kappa shape index (κ3) is 3.13. The normalized spacial score (nSPS) is 22.8. The molecular formula is C13H18N2O3S. The van der Waals surface area contributed by atoms with Gasteiger partial charge in [0.05, 0.1) is 18.7 Å². The Balaban J connectivity index is 2.06. The van der Waals surface area contributed by atoms with Crippen molar-refractivity contribution < 1.29 is 14.3 Å². The molecule has 0 saturated heterocycles. The van der Waals surface area contributed by atoms with Crippen LogP contribution in [-0.4, -0.2) is 25.0 Å². The van der Waals surface area contributed by atoms with Crippen molar-refractivity contribution in [3.8, 4) is 0 Å². The number of hydrogen-bond acceptors (Lipinski definition) is 5. The largest absolute Gasteiger partial charge is 0.465 e. The summed E-state index contributed by atoms with van der Waals surface area (Å²) < 4.78 is 4.68. The fourth-order valence-corrected chi connectivity index (χ4v) is 3.13. The number of carbonyl (C=O) groups is 2. The average Bonchev–Trinajstić information content (AvgIpc) is 2.86. The van der Waals surface area contributed by atoms with Crippen LogP contribution in [0.25, 0.3) is 0 Å². The Kier molecular flexibility index (Phi) is 4.55. The van der Waals surface area contributed by atoms with E-state index in [-0.39, 0.29) is 17.9 Å². The highest BCUT2D eigenvalue weighted by Gasteiger charge is 2.29. The first-order valence-corrected chi connectivity index (χ1v) is 7.23. The Hall–Kier alpha value is -1.40. The number of thiophene rings is 1. The van der Waals surface area contributed by atoms with Gasteiger partial charge in [0.2, 0.25) is 5.91 Å². The maximum atomic E-state index is 12.2. The van der Waals surface area contributed by atoms with E-state index in [9.17, 15) is 9.59 Å². The van der Waals surface area contributed by atoms with Gasteiger partial charge in [-0.3, -0.25) is 4.79 Å². The number of ether oxygens (including phenoxy) is 1. The molecule has 2 unspecified atom stereocenters. The molecule has 0 aromatic carbocycles. The van der Waals surface area contributed by atoms with E-state index in [0.29, 0.717) is 10.6 Å². The average molecular weight is 282 g/mol. The molecule has 2 rings (SSSR count). The molecule has 1 aromatic rings. The van der Waals surface area contributed by atoms with E-state index in [0.717, 1.165) is 25.7 Å². The monoisotopic (exact) mass is 282 g/mol. The van der Waals surface area contributed by atoms with Crippen LogP contribution >= 0.6 is 11.3 Å². The van der Waals surface area contributed by atoms with Crippen LogP contribution in [0.15, 0.2) is 11.4 Å². The number of nitrogens with two attached hydrogens (primary N) is 1. The van der Waals surface area contributed by atoms with Gasteiger partial charge in [-0.25, -0.2) is 4.79 Å². The van der Waals surface area contributed by atoms with Crippen LogP contribution in [0.4, 0.5) is 5.69 Å². The number of nitrogens with one attached hydrogen (secondary N) is 1. The van der Waals surface area contributed by atoms with Crippen molar-refractivity contribution in [1.29, 1.82) is 0 Å². The third-order valence-electron chi connectivity index (χ3n) is 3.45. The molecule has 104 valence electrons. The number of amides is 1. The number of rotatable bonds is 3. The Morgan fingerprint density at radius 3 is 2.84 bits per heavy atom. The van der Waals surface area contributed by atoms with Crippen LogP contribution < -0.4 is 11.1 Å². The second-order valence-electron chi connectivity index (χ2n) is 4.70. The zero-order valence-electron chi connectivity index (χ0n) is 10.8. The summed E-state index contributed by atoms with van der Waals surface area (Å²) in [6.07, 6.45) is 3.80. The molecule has 1 aliphatic rings. The van der Waals surface area contributed by atoms with Crippen LogP contribution in [0.1, 0.15) is 35.4 Å². The van der Waals surface area contributed by atoms with Gasteiger partial charge in [0.15, 0.2) is 0 Å². The van der Waals surface area contributed by atoms with Crippen molar-refractivity contribution in [3.63, 3.8) is 0 Å². The topological polar surface area (TPSA) is 81.4 Å². The molecule has 2 atom stereocenters. The summed E-state index contributed by atoms with van der Waals surface area (Å²) in [6.45, 7) is 0. The fraction of sp³-hybridized carbons (Fsp3) is 0.538. The van der Waals surface area contributed by atoms with Crippen LogP contribution in [0.2, 0.25) is 0 Å². The summed E-state index contributed by atoms with van der Waals surface area (Å²) in [7, 11) is 1.32. The SMILES string of the molecule is COC(=O)c1sccc1NC(=O)C1CCCCC1N. The molecule has 6 heteroatoms. The van der Waals surface area contributed by atoms with Gasteiger partial charge in [-0.05, 0) is 24.3 Å². The lowest BCUT2D eigenvalue weighted by molar-refractivity contribution is -0.121. The predicted octanol–water partition coefficient (Wildman–Crippen LogP) is 1.99. The molecule has 1 amide bonds. The molecule has 1 saturated carbocycles. The van der Waals surface area contributed by atoms with Crippen LogP contribution in [0.5, 0.6) is 0 Å². The van der Waals surface area contributed by atoms with Crippen molar-refractivity contribution in [3.05, 3.63) is 16.3 Å². The minimum Gasteiger partial charge on any atom is -0.465 e. The number of hydrogen-bond donors (Lipinski definition) is 2. The van der Waals surface area contributed by atoms with E-state index in [1.807, 2.05) is 0 Å². The van der Waals surface area contributed by atoms with Crippen molar-refractivity contribution >= 4 is 28.9 Å². The number of carbonyl (C=O) groups excluding carboxylic acids is 2. The first kappa shape index (κ1) is 14.0. The second-order valence-corrected chi connectivity index (χ2v) is 5.62. The zero-order valence-corrected chi connectivity index (χ0v) is 11.7. The van der Waals surface area contributed by atoms with Gasteiger partial charge in [-0.1, -0.05) is 12.8 Å². The van der Waals surface area contributed by atoms with E-state index in [1.165, 1.54) is 18.4 Å². The summed E-state index contributed by atoms with van der Waals surface area (Å²) in [6, 6.07) is 1.62. The van der Waals surface area contributed by atoms with E-state index in [1.54, 1.807) is 11.4 Å². The standard InChI is InChI=1S/C13H18N2O3S/c1-18-13(17)11-10(6-7-19-11)15-12(16)8-4-2-3-5-9(8)14/h6-9H,2-5,14H2,1H3,(H,15,16). The van der Waals surface area contributed by atoms with E-state index >= 15 is 0 Å². The number of anilines is 1. The maximum absolute atomic E-state index is 12.2. The zero-order chi connectivity index (χ0) is 13.8. The third-order valence-corrected chi connectivity index (χ3v) is 4.34. The van der Waals surface area contributed by atoms with Crippen molar-refractivity contribution in [2.75, 3.05) is 12.4 Å². The summed E-state index contributed by atoms with van der Waals surface area (Å²) in [5.74, 6) is -0.701. The number of methoxy groups -OCH3 is 1. The lowest BCUT2D eigenvalue weighted by atomic mass is 9.84. The second kappa shape index (κ2) is 6.16. The molecular weight excluding hydrogens is 264 g/mol. The van der Waals surface area contributed by atoms with E-state index in [4.69, 9.17) is 5.73 Å². The molecule has 1 aliphatic carbocycles. The molecule has 5 nitrogen and oxygen atoms in total. The molecule has 0 bridgehead atoms. The van der Waals surface area contributed by atoms with Gasteiger partial charge in [0, 0.05) is 6.04 Å². The van der Waals surface area contributed by atoms with Gasteiger partial charge in [-0.15, -0.1) is 11.3 Å². The Bertz CT molecular complexity index is 472. The first-order chi connectivity index (χ1) is 9.13. The molecule has 3 N–H and O–H groups in total. The summed E-state index contributed by atoms with van der Waals surface area (Å²) in [5, 5.41) is 4.55. The summed E-state index contributed by atoms with van der Waals surface area (Å²) in [4.78, 5) is 24.1. The Morgan fingerprint density at radius 2 is 2.16 bits per heavy atom. The molecule has 1 aromatic heterocycles. The summed E-state index contributed by atoms with van der Waals surface area (Å²) >= 11 is 1.25. The lowest BCUT2D eigenvalue weighted by Gasteiger charge is -2.27. The predicted molar refractivity (Wildman–Crippen MR) is 74.2 cm³/mol. The van der Waals surface area contributed by atoms with Crippen molar-refractivity contribution in [2.24, 2.45) is 11.7 Å². The van der Waals surface area contributed by atoms with Crippen LogP contribution in [0, 0.1) is 5.92 Å². The van der Waals surface area contributed by atoms with Gasteiger partial charge in [-0.2, -0.15) is 0 Å². The van der Waals surface area contributed by atoms with E-state index < -0.39 is 5.97 Å². The van der Waals surface area contributed by atoms with Crippen LogP contribution in [-0.2, 0) is 9.53 Å². The quantitative estimate of drug-likeness (QED) is 0.831. The maximum Gasteiger partial charge on any atom is 0.350 e. The molecule has 0 radical (unpaired) electrons. The van der Waals surface area contributed by atoms with Gasteiger partial charge >= 0.3 is 5.97 Å². The smallest absolute Gasteiger partial charge is 0.350 e. The molecule has 0 aliphatic heterocycles. The lowest BCUT2D eigenvalue weighted by Crippen LogP contribution is -2.40. The van der Waals surface area contributed by atoms with Crippen LogP contribution in [0.3, 0.4) is 0 Å². The van der Waals surface area contributed by atoms with Gasteiger partial charge in [0.25, 0.3) is 0 Å². The van der Waals surface area contributed by atoms with E-state index in [2.05, 4.69) is 10.1 Å². The molecule has 1 heterocycles. The minimum atomic E-state index is -0.432. The van der Waals surface area contributed by atoms with Gasteiger partial charge in [0.1, 0.15) is 4.88 Å². The van der Waals surface area contributed by atoms with Gasteiger partial charge < -0.3 is 15.8 Å². The molecule has 1 fully saturated rings. The highest BCUT2D eigenvalue weighted by Crippen LogP contribution is 2.27. The molecule has 0 spiro atoms. The molecule has 19 heavy (non-hydrogen) atoms. The first-order valence-electron chi connectivity index (χ1n) is 6.35. The highest BCUT2D eigenvalue weighted by molar-refractivity contribution is 7.12. The Labute approximate surface area is 116 Å². The fourth-order valence-electron chi connectivity index (χ4n) is 2.37. The Morgan fingerprint density at radius 1 is 1.42 bits per heavy atom. The van der Waals surface area contributed by atoms with Crippen molar-refractivity contribution in [1.82, 2.24) is 0 Å². The number of esters is 1.